The number of esters is 2. The summed E-state index contributed by atoms with van der Waals surface area (Å²) in [4.78, 5) is 62.9. The van der Waals surface area contributed by atoms with E-state index >= 15 is 0 Å². The number of halogens is 3. The molecule has 0 bridgehead atoms. The molecule has 2 N–H and O–H groups in total. The van der Waals surface area contributed by atoms with E-state index in [1.807, 2.05) is 188 Å². The second-order valence-corrected chi connectivity index (χ2v) is 26.9. The lowest BCUT2D eigenvalue weighted by Gasteiger charge is -2.28. The highest BCUT2D eigenvalue weighted by molar-refractivity contribution is 6.31. The van der Waals surface area contributed by atoms with Crippen molar-refractivity contribution in [1.82, 2.24) is 29.1 Å². The first kappa shape index (κ1) is 71.3. The average Bonchev–Trinajstić information content (AvgIpc) is 1.49. The van der Waals surface area contributed by atoms with Gasteiger partial charge in [-0.3, -0.25) is 18.8 Å². The van der Waals surface area contributed by atoms with Gasteiger partial charge in [-0.15, -0.1) is 0 Å². The second kappa shape index (κ2) is 28.4. The van der Waals surface area contributed by atoms with Gasteiger partial charge in [0, 0.05) is 98.8 Å². The number of fused-ring (bicyclic) bond motifs is 3. The van der Waals surface area contributed by atoms with Crippen LogP contribution in [0.1, 0.15) is 148 Å². The molecule has 3 aromatic carbocycles. The first-order chi connectivity index (χ1) is 43.0. The predicted molar refractivity (Wildman–Crippen MR) is 365 cm³/mol. The number of rotatable bonds is 14. The summed E-state index contributed by atoms with van der Waals surface area (Å²) in [6.45, 7) is 49.5. The number of carboxylic acid groups (broad SMARTS) is 1. The minimum absolute atomic E-state index is 0.142. The number of aryl methyl sites for hydroxylation is 7. The van der Waals surface area contributed by atoms with Crippen LogP contribution in [0.25, 0.3) is 76.2 Å². The monoisotopic (exact) mass is 1310 g/mol. The van der Waals surface area contributed by atoms with Gasteiger partial charge in [0.25, 0.3) is 13.3 Å². The highest BCUT2D eigenvalue weighted by Crippen LogP contribution is 2.46. The van der Waals surface area contributed by atoms with Gasteiger partial charge < -0.3 is 33.8 Å². The highest BCUT2D eigenvalue weighted by Gasteiger charge is 2.38. The third kappa shape index (κ3) is 15.3. The van der Waals surface area contributed by atoms with Crippen LogP contribution in [-0.2, 0) is 51.4 Å². The summed E-state index contributed by atoms with van der Waals surface area (Å²) in [6, 6.07) is 22.4. The number of nitrogens with one attached hydrogen (secondary N) is 1. The molecule has 0 saturated carbocycles. The minimum Gasteiger partial charge on any atom is -0.479 e. The number of nitrogens with zero attached hydrogens (tertiary/aromatic N) is 7. The van der Waals surface area contributed by atoms with Crippen molar-refractivity contribution in [2.45, 2.75) is 173 Å². The fourth-order valence-corrected chi connectivity index (χ4v) is 11.8. The van der Waals surface area contributed by atoms with Gasteiger partial charge >= 0.3 is 17.9 Å². The number of aliphatic carboxylic acids is 1. The Morgan fingerprint density at radius 2 is 0.804 bits per heavy atom. The normalized spacial score (nSPS) is 12.8. The molecule has 0 saturated heterocycles. The van der Waals surface area contributed by atoms with Crippen molar-refractivity contribution in [3.8, 4) is 33.4 Å². The SMILES string of the molecule is COC(=O)C(OC(C)(C)C)c1c(C)nc2[nH]c(C)c(C)c2c1-c1ccc(Cl)cc1.[C-]#[N+]Cn1c(C)c(C)c2c(-c3ccc(Cl)cc3)c(C(OC(C)(C)C)C(=O)O)c(C)nc21.[C-]#[N+]Cn1c(C)c(C)c2c(-c3ccc(Cl)cc3)c(C(OC(C)(C)C)C(=O)OC)c(C)nc21. The lowest BCUT2D eigenvalue weighted by atomic mass is 9.91. The van der Waals surface area contributed by atoms with Gasteiger partial charge in [-0.05, 0) is 194 Å². The van der Waals surface area contributed by atoms with Crippen LogP contribution in [0.5, 0.6) is 0 Å². The molecular formula is C72H81Cl3N8O9. The number of ether oxygens (including phenoxy) is 5. The van der Waals surface area contributed by atoms with Crippen LogP contribution < -0.4 is 0 Å². The molecule has 0 radical (unpaired) electrons. The number of aromatic nitrogens is 6. The van der Waals surface area contributed by atoms with Gasteiger partial charge in [0.05, 0.1) is 31.0 Å². The average molecular weight is 1310 g/mol. The Labute approximate surface area is 553 Å². The van der Waals surface area contributed by atoms with E-state index in [1.165, 1.54) is 14.2 Å². The third-order valence-electron chi connectivity index (χ3n) is 15.7. The number of hydrogen-bond acceptors (Lipinski definition) is 11. The molecule has 484 valence electrons. The molecule has 3 unspecified atom stereocenters. The maximum Gasteiger partial charge on any atom is 0.339 e. The molecule has 6 heterocycles. The molecule has 0 aliphatic heterocycles. The Balaban J connectivity index is 0.000000196. The lowest BCUT2D eigenvalue weighted by Crippen LogP contribution is -2.29. The molecule has 20 heteroatoms. The van der Waals surface area contributed by atoms with E-state index in [1.54, 1.807) is 19.1 Å². The Bertz CT molecular complexity index is 4360. The maximum atomic E-state index is 12.9. The van der Waals surface area contributed by atoms with Crippen LogP contribution in [-0.4, -0.2) is 83.1 Å². The molecule has 92 heavy (non-hydrogen) atoms. The molecule has 0 amide bonds. The van der Waals surface area contributed by atoms with Crippen LogP contribution in [0, 0.1) is 75.5 Å². The summed E-state index contributed by atoms with van der Waals surface area (Å²) in [5.41, 5.74) is 15.2. The van der Waals surface area contributed by atoms with Crippen molar-refractivity contribution < 1.29 is 43.2 Å². The van der Waals surface area contributed by atoms with Gasteiger partial charge in [-0.25, -0.2) is 42.5 Å². The molecule has 0 spiro atoms. The van der Waals surface area contributed by atoms with E-state index in [4.69, 9.17) is 86.6 Å². The third-order valence-corrected chi connectivity index (χ3v) is 16.5. The number of carboxylic acids is 1. The zero-order chi connectivity index (χ0) is 68.4. The maximum absolute atomic E-state index is 12.9. The Hall–Kier alpha value is -8.13. The van der Waals surface area contributed by atoms with E-state index in [0.717, 1.165) is 89.0 Å². The van der Waals surface area contributed by atoms with Crippen LogP contribution in [0.15, 0.2) is 72.8 Å². The Morgan fingerprint density at radius 1 is 0.500 bits per heavy atom. The highest BCUT2D eigenvalue weighted by atomic mass is 35.5. The largest absolute Gasteiger partial charge is 0.479 e. The number of H-pyrrole nitrogens is 1. The number of hydrogen-bond donors (Lipinski definition) is 2. The van der Waals surface area contributed by atoms with Gasteiger partial charge in [0.1, 0.15) is 16.9 Å². The molecule has 17 nitrogen and oxygen atoms in total. The standard InChI is InChI=1S/C25H28ClN3O3.C24H26ClN3O3.C23H27ClN2O3/c1-14-16(3)29(13-27-7)23-19(14)21(17-9-11-18(26)12-10-17)20(15(2)28-23)22(24(30)31-8)32-25(4,5)6;1-13-15(3)28(12-26-7)22-18(13)20(16-8-10-17(25)11-9-16)19(14(2)27-22)21(23(29)30)31-24(4,5)6;1-12-13(2)25-21-17(12)19(15-8-10-16(24)11-9-15)18(14(3)26-21)20(22(27)28-7)29-23(4,5)6/h9-12,22H,13H2,1-6,8H3;8-11,21H,12H2,1-6H3,(H,29,30);8-11,20H,1-7H3,(H,25,26). The molecular weight excluding hydrogens is 1230 g/mol. The minimum atomic E-state index is -1.20. The van der Waals surface area contributed by atoms with E-state index in [9.17, 15) is 19.5 Å². The number of benzene rings is 3. The van der Waals surface area contributed by atoms with Gasteiger partial charge in [-0.2, -0.15) is 0 Å². The molecule has 0 fully saturated rings. The summed E-state index contributed by atoms with van der Waals surface area (Å²) < 4.78 is 32.4. The topological polar surface area (TPSA) is 191 Å². The van der Waals surface area contributed by atoms with Crippen molar-refractivity contribution >= 4 is 85.8 Å². The predicted octanol–water partition coefficient (Wildman–Crippen LogP) is 18.1. The first-order valence-corrected chi connectivity index (χ1v) is 31.0. The molecule has 9 aromatic rings. The molecule has 0 aliphatic rings. The molecule has 3 atom stereocenters. The molecule has 0 aliphatic carbocycles. The van der Waals surface area contributed by atoms with Gasteiger partial charge in [0.2, 0.25) is 0 Å². The quantitative estimate of drug-likeness (QED) is 0.0775. The van der Waals surface area contributed by atoms with E-state index in [-0.39, 0.29) is 13.3 Å². The smallest absolute Gasteiger partial charge is 0.339 e. The van der Waals surface area contributed by atoms with Crippen LogP contribution in [0.2, 0.25) is 15.1 Å². The zero-order valence-electron chi connectivity index (χ0n) is 56.1. The molecule has 6 aromatic heterocycles. The number of carbonyl (C=O) groups excluding carboxylic acids is 2. The fourth-order valence-electron chi connectivity index (χ4n) is 11.4. The van der Waals surface area contributed by atoms with Crippen LogP contribution in [0.4, 0.5) is 0 Å². The fraction of sp³-hybridized carbons (Fsp3) is 0.389. The van der Waals surface area contributed by atoms with Crippen molar-refractivity contribution in [3.63, 3.8) is 0 Å². The van der Waals surface area contributed by atoms with Crippen molar-refractivity contribution in [3.05, 3.63) is 178 Å². The summed E-state index contributed by atoms with van der Waals surface area (Å²) in [5, 5.41) is 14.6. The van der Waals surface area contributed by atoms with E-state index in [2.05, 4.69) is 14.7 Å². The van der Waals surface area contributed by atoms with Crippen molar-refractivity contribution in [2.24, 2.45) is 0 Å². The zero-order valence-corrected chi connectivity index (χ0v) is 58.3. The van der Waals surface area contributed by atoms with Gasteiger partial charge in [-0.1, -0.05) is 71.2 Å². The van der Waals surface area contributed by atoms with Crippen LogP contribution >= 0.6 is 34.8 Å². The number of pyridine rings is 3. The Morgan fingerprint density at radius 3 is 1.11 bits per heavy atom. The Kier molecular flexibility index (Phi) is 22.0. The second-order valence-electron chi connectivity index (χ2n) is 25.6. The van der Waals surface area contributed by atoms with Crippen molar-refractivity contribution in [2.75, 3.05) is 14.2 Å². The van der Waals surface area contributed by atoms with Gasteiger partial charge in [0.15, 0.2) is 18.3 Å². The van der Waals surface area contributed by atoms with E-state index < -0.39 is 53.0 Å². The summed E-state index contributed by atoms with van der Waals surface area (Å²) in [7, 11) is 2.72. The summed E-state index contributed by atoms with van der Waals surface area (Å²) >= 11 is 18.4. The number of aromatic amines is 1. The van der Waals surface area contributed by atoms with E-state index in [0.29, 0.717) is 60.1 Å². The molecule has 9 rings (SSSR count). The summed E-state index contributed by atoms with van der Waals surface area (Å²) in [6.07, 6.45) is -3.07. The van der Waals surface area contributed by atoms with Crippen molar-refractivity contribution in [1.29, 1.82) is 0 Å². The first-order valence-electron chi connectivity index (χ1n) is 29.8. The summed E-state index contributed by atoms with van der Waals surface area (Å²) in [5.74, 6) is -2.02. The van der Waals surface area contributed by atoms with Crippen LogP contribution in [0.3, 0.4) is 0 Å². The number of methoxy groups -OCH3 is 2. The lowest BCUT2D eigenvalue weighted by molar-refractivity contribution is -0.164. The number of carbonyl (C=O) groups is 3.